The van der Waals surface area contributed by atoms with E-state index in [1.807, 2.05) is 0 Å². The van der Waals surface area contributed by atoms with Crippen molar-refractivity contribution < 1.29 is 68.4 Å². The zero-order valence-electron chi connectivity index (χ0n) is 31.7. The van der Waals surface area contributed by atoms with E-state index in [1.165, 1.54) is 47.0 Å². The Bertz CT molecular complexity index is 1900. The van der Waals surface area contributed by atoms with Gasteiger partial charge in [0.15, 0.2) is 5.75 Å². The fourth-order valence-corrected chi connectivity index (χ4v) is 6.87. The predicted molar refractivity (Wildman–Crippen MR) is 195 cm³/mol. The van der Waals surface area contributed by atoms with Crippen molar-refractivity contribution in [3.63, 3.8) is 0 Å². The summed E-state index contributed by atoms with van der Waals surface area (Å²) in [6.07, 6.45) is 3.32. The van der Waals surface area contributed by atoms with Gasteiger partial charge in [0.05, 0.1) is 41.2 Å². The van der Waals surface area contributed by atoms with Crippen molar-refractivity contribution in [2.45, 2.75) is 85.6 Å². The van der Waals surface area contributed by atoms with E-state index in [1.54, 1.807) is 39.8 Å². The summed E-state index contributed by atoms with van der Waals surface area (Å²) in [5.74, 6) is -9.62. The second kappa shape index (κ2) is 16.6. The lowest BCUT2D eigenvalue weighted by Gasteiger charge is -2.38. The topological polar surface area (TPSA) is 228 Å². The maximum atomic E-state index is 14.2. The van der Waals surface area contributed by atoms with E-state index in [2.05, 4.69) is 5.32 Å². The maximum absolute atomic E-state index is 14.2. The average molecular weight is 756 g/mol. The van der Waals surface area contributed by atoms with Crippen LogP contribution in [0.15, 0.2) is 42.2 Å². The molecule has 6 N–H and O–H groups in total. The zero-order chi connectivity index (χ0) is 40.4. The average Bonchev–Trinajstić information content (AvgIpc) is 3.39. The molecule has 2 aromatic carbocycles. The standard InChI is InChI=1S/C39H49NO14/c1-17-11-10-12-18(2)38(49)40-24-15-26(53-27(43)16-41)28-29(34(24)47)33(46)22(6)36-30(28)37(48)39(8,54-36)51-14-13-25(50-9)19(3)35(52-23(7)42)21(5)32(45)20(4)31(17)44/h10-15,17,19-21,25,31-32,35,41,44-47H,16H2,1-9H3,(H,40,49)/t17-,19+,20+,21+,25-,31-,32+,35+,39-/m0/s1. The van der Waals surface area contributed by atoms with Crippen LogP contribution >= 0.6 is 0 Å². The molecular weight excluding hydrogens is 706 g/mol. The number of hydrogen-bond acceptors (Lipinski definition) is 14. The first-order valence-corrected chi connectivity index (χ1v) is 17.5. The number of esters is 2. The van der Waals surface area contributed by atoms with Gasteiger partial charge in [-0.3, -0.25) is 14.4 Å². The smallest absolute Gasteiger partial charge is 0.337 e. The van der Waals surface area contributed by atoms with Crippen molar-refractivity contribution >= 4 is 40.1 Å². The van der Waals surface area contributed by atoms with Gasteiger partial charge in [-0.2, -0.15) is 0 Å². The number of benzene rings is 2. The van der Waals surface area contributed by atoms with Gasteiger partial charge in [0, 0.05) is 67.2 Å². The van der Waals surface area contributed by atoms with Gasteiger partial charge >= 0.3 is 17.7 Å². The highest BCUT2D eigenvalue weighted by molar-refractivity contribution is 6.21. The minimum Gasteiger partial charge on any atom is -0.507 e. The number of nitrogens with one attached hydrogen (secondary N) is 1. The Morgan fingerprint density at radius 3 is 2.24 bits per heavy atom. The number of aliphatic hydroxyl groups excluding tert-OH is 3. The van der Waals surface area contributed by atoms with Crippen LogP contribution in [0.2, 0.25) is 0 Å². The Morgan fingerprint density at radius 1 is 0.963 bits per heavy atom. The molecule has 0 saturated heterocycles. The molecule has 294 valence electrons. The van der Waals surface area contributed by atoms with Crippen molar-refractivity contribution in [3.05, 3.63) is 53.3 Å². The molecule has 54 heavy (non-hydrogen) atoms. The summed E-state index contributed by atoms with van der Waals surface area (Å²) in [4.78, 5) is 52.2. The third kappa shape index (κ3) is 8.09. The van der Waals surface area contributed by atoms with E-state index in [-0.39, 0.29) is 38.9 Å². The lowest BCUT2D eigenvalue weighted by atomic mass is 9.78. The summed E-state index contributed by atoms with van der Waals surface area (Å²) in [7, 11) is 1.41. The Kier molecular flexibility index (Phi) is 12.8. The quantitative estimate of drug-likeness (QED) is 0.148. The number of ketones is 1. The molecule has 0 spiro atoms. The van der Waals surface area contributed by atoms with Crippen molar-refractivity contribution in [1.29, 1.82) is 0 Å². The zero-order valence-corrected chi connectivity index (χ0v) is 31.7. The van der Waals surface area contributed by atoms with Crippen LogP contribution in [-0.4, -0.2) is 93.1 Å². The van der Waals surface area contributed by atoms with E-state index in [0.717, 1.165) is 12.3 Å². The summed E-state index contributed by atoms with van der Waals surface area (Å²) in [6, 6.07) is 1.07. The van der Waals surface area contributed by atoms with E-state index in [9.17, 15) is 44.7 Å². The molecule has 0 aliphatic carbocycles. The van der Waals surface area contributed by atoms with Gasteiger partial charge in [0.1, 0.15) is 30.0 Å². The molecule has 3 aliphatic heterocycles. The number of aromatic hydroxyl groups is 2. The molecule has 0 aromatic heterocycles. The van der Waals surface area contributed by atoms with Crippen LogP contribution in [0.3, 0.4) is 0 Å². The summed E-state index contributed by atoms with van der Waals surface area (Å²) in [6.45, 7) is 11.2. The molecule has 1 amide bonds. The molecular formula is C39H49NO14. The molecule has 5 bridgehead atoms. The van der Waals surface area contributed by atoms with Crippen molar-refractivity contribution in [1.82, 2.24) is 0 Å². The monoisotopic (exact) mass is 755 g/mol. The molecule has 0 radical (unpaired) electrons. The first kappa shape index (κ1) is 41.8. The lowest BCUT2D eigenvalue weighted by Crippen LogP contribution is -2.46. The number of phenolic OH excluding ortho intramolecular Hbond substituents is 2. The first-order valence-electron chi connectivity index (χ1n) is 17.5. The second-order valence-electron chi connectivity index (χ2n) is 14.0. The molecule has 15 nitrogen and oxygen atoms in total. The summed E-state index contributed by atoms with van der Waals surface area (Å²) in [5.41, 5.74) is -0.365. The first-order chi connectivity index (χ1) is 25.3. The van der Waals surface area contributed by atoms with E-state index >= 15 is 0 Å². The minimum atomic E-state index is -2.07. The number of methoxy groups -OCH3 is 1. The van der Waals surface area contributed by atoms with Gasteiger partial charge in [-0.1, -0.05) is 45.9 Å². The molecule has 5 rings (SSSR count). The Hall–Kier alpha value is -4.96. The summed E-state index contributed by atoms with van der Waals surface area (Å²) < 4.78 is 28.7. The van der Waals surface area contributed by atoms with Gasteiger partial charge in [-0.15, -0.1) is 0 Å². The highest BCUT2D eigenvalue weighted by atomic mass is 16.7. The molecule has 0 saturated carbocycles. The number of carbonyl (C=O) groups excluding carboxylic acids is 4. The second-order valence-corrected chi connectivity index (χ2v) is 14.0. The molecule has 0 fully saturated rings. The number of allylic oxidation sites excluding steroid dienone is 2. The van der Waals surface area contributed by atoms with Gasteiger partial charge < -0.3 is 54.5 Å². The van der Waals surface area contributed by atoms with E-state index in [0.29, 0.717) is 0 Å². The van der Waals surface area contributed by atoms with Crippen molar-refractivity contribution in [2.24, 2.45) is 23.7 Å². The lowest BCUT2D eigenvalue weighted by molar-refractivity contribution is -0.160. The Morgan fingerprint density at radius 2 is 1.63 bits per heavy atom. The predicted octanol–water partition coefficient (Wildman–Crippen LogP) is 3.95. The summed E-state index contributed by atoms with van der Waals surface area (Å²) >= 11 is 0. The third-order valence-electron chi connectivity index (χ3n) is 10.2. The number of carbonyl (C=O) groups is 4. The maximum Gasteiger partial charge on any atom is 0.337 e. The molecule has 0 unspecified atom stereocenters. The van der Waals surface area contributed by atoms with Crippen LogP contribution in [0.1, 0.15) is 64.4 Å². The minimum absolute atomic E-state index is 0.0118. The van der Waals surface area contributed by atoms with Crippen LogP contribution in [0.25, 0.3) is 10.8 Å². The molecule has 15 heteroatoms. The highest BCUT2D eigenvalue weighted by Gasteiger charge is 2.50. The van der Waals surface area contributed by atoms with Crippen molar-refractivity contribution in [3.8, 4) is 23.0 Å². The van der Waals surface area contributed by atoms with E-state index < -0.39 is 101 Å². The number of hydrogen-bond donors (Lipinski definition) is 6. The van der Waals surface area contributed by atoms with Gasteiger partial charge in [-0.05, 0) is 19.9 Å². The number of fused-ring (bicyclic) bond motifs is 14. The van der Waals surface area contributed by atoms with Crippen LogP contribution < -0.4 is 14.8 Å². The number of Topliss-reactive ketones (excluding diaryl/α,β-unsaturated/α-hetero) is 1. The fourth-order valence-electron chi connectivity index (χ4n) is 6.87. The normalized spacial score (nSPS) is 29.4. The number of amides is 1. The van der Waals surface area contributed by atoms with Gasteiger partial charge in [0.2, 0.25) is 0 Å². The molecule has 2 aromatic rings. The molecule has 3 aliphatic rings. The van der Waals surface area contributed by atoms with E-state index in [4.69, 9.17) is 23.7 Å². The molecule has 9 atom stereocenters. The van der Waals surface area contributed by atoms with Crippen LogP contribution in [0.4, 0.5) is 5.69 Å². The fraction of sp³-hybridized carbons (Fsp3) is 0.487. The number of anilines is 1. The van der Waals surface area contributed by atoms with Crippen LogP contribution in [0, 0.1) is 30.6 Å². The molecule has 3 heterocycles. The summed E-state index contributed by atoms with van der Waals surface area (Å²) in [5, 5.41) is 56.9. The number of aliphatic hydroxyl groups is 3. The number of ether oxygens (including phenoxy) is 5. The Labute approximate surface area is 312 Å². The third-order valence-corrected chi connectivity index (χ3v) is 10.2. The van der Waals surface area contributed by atoms with Crippen LogP contribution in [0.5, 0.6) is 23.0 Å². The number of phenols is 2. The SMILES string of the molecule is CO[C@H]1C=CO[C@@]2(C)Oc3c(C)c(O)c4c(O)c(cc(OC(=O)CO)c4c3C2=O)NC(=O)C(C)=CC=C[C@H](C)[C@H](O)[C@@H](C)[C@@H](O)[C@@H](C)[C@H](OC(C)=O)[C@@H]1C. The van der Waals surface area contributed by atoms with Crippen LogP contribution in [-0.2, 0) is 28.6 Å². The van der Waals surface area contributed by atoms with Crippen molar-refractivity contribution in [2.75, 3.05) is 19.0 Å². The Balaban J connectivity index is 1.94. The number of rotatable bonds is 4. The highest BCUT2D eigenvalue weighted by Crippen LogP contribution is 2.54. The van der Waals surface area contributed by atoms with Gasteiger partial charge in [0.25, 0.3) is 11.7 Å². The van der Waals surface area contributed by atoms with Gasteiger partial charge in [-0.25, -0.2) is 4.79 Å². The largest absolute Gasteiger partial charge is 0.507 e.